The van der Waals surface area contributed by atoms with Gasteiger partial charge in [0.25, 0.3) is 0 Å². The van der Waals surface area contributed by atoms with Crippen molar-refractivity contribution in [1.29, 1.82) is 0 Å². The molecule has 1 aromatic carbocycles. The summed E-state index contributed by atoms with van der Waals surface area (Å²) in [6.45, 7) is 3.54. The van der Waals surface area contributed by atoms with Crippen LogP contribution >= 0.6 is 15.9 Å². The molecule has 0 radical (unpaired) electrons. The fraction of sp³-hybridized carbons (Fsp3) is 0.250. The third-order valence-electron chi connectivity index (χ3n) is 2.00. The molecule has 15 heavy (non-hydrogen) atoms. The van der Waals surface area contributed by atoms with Crippen molar-refractivity contribution < 1.29 is 9.53 Å². The van der Waals surface area contributed by atoms with Gasteiger partial charge in [0.15, 0.2) is 0 Å². The molecular weight excluding hydrogens is 256 g/mol. The van der Waals surface area contributed by atoms with Crippen LogP contribution < -0.4 is 4.74 Å². The fourth-order valence-corrected chi connectivity index (χ4v) is 1.74. The van der Waals surface area contributed by atoms with Crippen LogP contribution in [0.1, 0.15) is 12.0 Å². The predicted octanol–water partition coefficient (Wildman–Crippen LogP) is 3.15. The number of hydrogen-bond acceptors (Lipinski definition) is 2. The normalized spacial score (nSPS) is 9.73. The van der Waals surface area contributed by atoms with Crippen molar-refractivity contribution in [2.24, 2.45) is 0 Å². The van der Waals surface area contributed by atoms with Crippen molar-refractivity contribution in [3.05, 3.63) is 40.9 Å². The third-order valence-corrected chi connectivity index (χ3v) is 2.50. The molecule has 0 N–H and O–H groups in total. The van der Waals surface area contributed by atoms with E-state index in [1.807, 2.05) is 18.2 Å². The van der Waals surface area contributed by atoms with Crippen molar-refractivity contribution in [1.82, 2.24) is 0 Å². The Hall–Kier alpha value is -1.09. The molecule has 0 aliphatic heterocycles. The lowest BCUT2D eigenvalue weighted by Gasteiger charge is -2.07. The number of allylic oxidation sites excluding steroid dienone is 1. The Labute approximate surface area is 98.1 Å². The average molecular weight is 269 g/mol. The predicted molar refractivity (Wildman–Crippen MR) is 64.2 cm³/mol. The van der Waals surface area contributed by atoms with Crippen LogP contribution in [-0.2, 0) is 11.2 Å². The van der Waals surface area contributed by atoms with E-state index in [9.17, 15) is 4.79 Å². The first-order chi connectivity index (χ1) is 7.17. The molecule has 80 valence electrons. The van der Waals surface area contributed by atoms with Crippen LogP contribution in [0.3, 0.4) is 0 Å². The zero-order valence-electron chi connectivity index (χ0n) is 8.63. The van der Waals surface area contributed by atoms with Gasteiger partial charge in [0.05, 0.1) is 7.11 Å². The lowest BCUT2D eigenvalue weighted by Crippen LogP contribution is -2.02. The number of carbonyl (C=O) groups is 1. The summed E-state index contributed by atoms with van der Waals surface area (Å²) in [6, 6.07) is 5.64. The van der Waals surface area contributed by atoms with Crippen molar-refractivity contribution >= 4 is 21.7 Å². The molecule has 0 heterocycles. The Morgan fingerprint density at radius 1 is 1.60 bits per heavy atom. The van der Waals surface area contributed by atoms with E-state index in [0.717, 1.165) is 15.8 Å². The van der Waals surface area contributed by atoms with E-state index in [1.165, 1.54) is 0 Å². The SMILES string of the molecule is C=CCC(=O)Cc1cc(Br)ccc1OC. The molecule has 0 unspecified atom stereocenters. The van der Waals surface area contributed by atoms with Gasteiger partial charge in [0, 0.05) is 22.9 Å². The topological polar surface area (TPSA) is 26.3 Å². The third kappa shape index (κ3) is 3.51. The fourth-order valence-electron chi connectivity index (χ4n) is 1.33. The molecular formula is C12H13BrO2. The van der Waals surface area contributed by atoms with Crippen molar-refractivity contribution in [2.75, 3.05) is 7.11 Å². The largest absolute Gasteiger partial charge is 0.496 e. The maximum Gasteiger partial charge on any atom is 0.141 e. The monoisotopic (exact) mass is 268 g/mol. The lowest BCUT2D eigenvalue weighted by molar-refractivity contribution is -0.117. The first-order valence-corrected chi connectivity index (χ1v) is 5.41. The molecule has 0 spiro atoms. The second kappa shape index (κ2) is 5.71. The standard InChI is InChI=1S/C12H13BrO2/c1-3-4-11(14)8-9-7-10(13)5-6-12(9)15-2/h3,5-7H,1,4,8H2,2H3. The maximum atomic E-state index is 11.4. The average Bonchev–Trinajstić information content (AvgIpc) is 2.18. The number of halogens is 1. The van der Waals surface area contributed by atoms with Gasteiger partial charge in [-0.3, -0.25) is 4.79 Å². The second-order valence-electron chi connectivity index (χ2n) is 3.16. The zero-order chi connectivity index (χ0) is 11.3. The van der Waals surface area contributed by atoms with Crippen molar-refractivity contribution in [3.8, 4) is 5.75 Å². The van der Waals surface area contributed by atoms with E-state index in [0.29, 0.717) is 12.8 Å². The molecule has 1 rings (SSSR count). The number of methoxy groups -OCH3 is 1. The Morgan fingerprint density at radius 2 is 2.33 bits per heavy atom. The van der Waals surface area contributed by atoms with Gasteiger partial charge in [0.1, 0.15) is 11.5 Å². The molecule has 0 saturated heterocycles. The van der Waals surface area contributed by atoms with Crippen LogP contribution in [0.5, 0.6) is 5.75 Å². The van der Waals surface area contributed by atoms with Crippen molar-refractivity contribution in [2.45, 2.75) is 12.8 Å². The van der Waals surface area contributed by atoms with Gasteiger partial charge in [-0.25, -0.2) is 0 Å². The summed E-state index contributed by atoms with van der Waals surface area (Å²) in [6.07, 6.45) is 2.40. The van der Waals surface area contributed by atoms with Crippen LogP contribution in [0.2, 0.25) is 0 Å². The zero-order valence-corrected chi connectivity index (χ0v) is 10.2. The second-order valence-corrected chi connectivity index (χ2v) is 4.08. The summed E-state index contributed by atoms with van der Waals surface area (Å²) in [5, 5.41) is 0. The van der Waals surface area contributed by atoms with E-state index in [4.69, 9.17) is 4.74 Å². The Kier molecular flexibility index (Phi) is 4.56. The molecule has 2 nitrogen and oxygen atoms in total. The highest BCUT2D eigenvalue weighted by Crippen LogP contribution is 2.23. The molecule has 0 aliphatic carbocycles. The van der Waals surface area contributed by atoms with Gasteiger partial charge in [-0.2, -0.15) is 0 Å². The lowest BCUT2D eigenvalue weighted by atomic mass is 10.1. The van der Waals surface area contributed by atoms with E-state index in [2.05, 4.69) is 22.5 Å². The minimum Gasteiger partial charge on any atom is -0.496 e. The molecule has 0 amide bonds. The molecule has 0 bridgehead atoms. The molecule has 0 aliphatic rings. The van der Waals surface area contributed by atoms with E-state index < -0.39 is 0 Å². The Balaban J connectivity index is 2.86. The van der Waals surface area contributed by atoms with Crippen LogP contribution in [0.4, 0.5) is 0 Å². The maximum absolute atomic E-state index is 11.4. The van der Waals surface area contributed by atoms with Gasteiger partial charge in [-0.1, -0.05) is 22.0 Å². The summed E-state index contributed by atoms with van der Waals surface area (Å²) >= 11 is 3.37. The number of hydrogen-bond donors (Lipinski definition) is 0. The molecule has 3 heteroatoms. The van der Waals surface area contributed by atoms with Gasteiger partial charge >= 0.3 is 0 Å². The smallest absolute Gasteiger partial charge is 0.141 e. The Bertz CT molecular complexity index is 372. The highest BCUT2D eigenvalue weighted by atomic mass is 79.9. The van der Waals surface area contributed by atoms with Crippen LogP contribution in [-0.4, -0.2) is 12.9 Å². The molecule has 0 atom stereocenters. The number of ketones is 1. The molecule has 1 aromatic rings. The van der Waals surface area contributed by atoms with Crippen LogP contribution in [0.25, 0.3) is 0 Å². The summed E-state index contributed by atoms with van der Waals surface area (Å²) in [7, 11) is 1.60. The molecule has 0 aromatic heterocycles. The number of Topliss-reactive ketones (excluding diaryl/α,β-unsaturated/α-hetero) is 1. The summed E-state index contributed by atoms with van der Waals surface area (Å²) in [5.41, 5.74) is 0.902. The van der Waals surface area contributed by atoms with Crippen LogP contribution in [0, 0.1) is 0 Å². The Morgan fingerprint density at radius 3 is 2.93 bits per heavy atom. The van der Waals surface area contributed by atoms with Gasteiger partial charge in [-0.05, 0) is 18.2 Å². The highest BCUT2D eigenvalue weighted by molar-refractivity contribution is 9.10. The van der Waals surface area contributed by atoms with Gasteiger partial charge < -0.3 is 4.74 Å². The van der Waals surface area contributed by atoms with Gasteiger partial charge in [-0.15, -0.1) is 6.58 Å². The van der Waals surface area contributed by atoms with E-state index in [-0.39, 0.29) is 5.78 Å². The first kappa shape index (κ1) is 12.0. The first-order valence-electron chi connectivity index (χ1n) is 4.62. The molecule has 0 saturated carbocycles. The highest BCUT2D eigenvalue weighted by Gasteiger charge is 2.07. The number of benzene rings is 1. The number of ether oxygens (including phenoxy) is 1. The minimum atomic E-state index is 0.140. The van der Waals surface area contributed by atoms with Crippen molar-refractivity contribution in [3.63, 3.8) is 0 Å². The summed E-state index contributed by atoms with van der Waals surface area (Å²) in [5.74, 6) is 0.886. The van der Waals surface area contributed by atoms with E-state index >= 15 is 0 Å². The minimum absolute atomic E-state index is 0.140. The van der Waals surface area contributed by atoms with Gasteiger partial charge in [0.2, 0.25) is 0 Å². The number of rotatable bonds is 5. The summed E-state index contributed by atoms with van der Waals surface area (Å²) < 4.78 is 6.13. The van der Waals surface area contributed by atoms with E-state index in [1.54, 1.807) is 13.2 Å². The van der Waals surface area contributed by atoms with Crippen LogP contribution in [0.15, 0.2) is 35.3 Å². The number of carbonyl (C=O) groups excluding carboxylic acids is 1. The summed E-state index contributed by atoms with van der Waals surface area (Å²) in [4.78, 5) is 11.4. The quantitative estimate of drug-likeness (QED) is 0.767. The molecule has 0 fully saturated rings.